The van der Waals surface area contributed by atoms with Gasteiger partial charge in [0.2, 0.25) is 5.91 Å². The van der Waals surface area contributed by atoms with E-state index in [4.69, 9.17) is 4.52 Å². The van der Waals surface area contributed by atoms with Crippen molar-refractivity contribution in [2.24, 2.45) is 0 Å². The van der Waals surface area contributed by atoms with E-state index in [1.54, 1.807) is 23.5 Å². The number of carbonyl (C=O) groups excluding carboxylic acids is 1. The van der Waals surface area contributed by atoms with E-state index < -0.39 is 0 Å². The average molecular weight is 389 g/mol. The summed E-state index contributed by atoms with van der Waals surface area (Å²) in [5.41, 5.74) is 0. The number of likely N-dealkylation sites (tertiary alicyclic amines) is 1. The second kappa shape index (κ2) is 7.59. The SMILES string of the molecule is O=C(CSc1ccc(F)cc1)N1CC[C@H](c2noc(-c3cccs3)n2)C1. The molecule has 26 heavy (non-hydrogen) atoms. The summed E-state index contributed by atoms with van der Waals surface area (Å²) in [5.74, 6) is 1.44. The average Bonchev–Trinajstić information content (AvgIpc) is 3.41. The molecule has 1 aliphatic heterocycles. The molecule has 1 aliphatic rings. The molecule has 4 rings (SSSR count). The fourth-order valence-electron chi connectivity index (χ4n) is 2.87. The summed E-state index contributed by atoms with van der Waals surface area (Å²) in [6.07, 6.45) is 0.830. The Kier molecular flexibility index (Phi) is 5.03. The number of amides is 1. The molecule has 1 fully saturated rings. The fraction of sp³-hybridized carbons (Fsp3) is 0.278. The van der Waals surface area contributed by atoms with Gasteiger partial charge < -0.3 is 9.42 Å². The van der Waals surface area contributed by atoms with Gasteiger partial charge in [-0.25, -0.2) is 4.39 Å². The Labute approximate surface area is 158 Å². The first-order valence-corrected chi connectivity index (χ1v) is 10.1. The highest BCUT2D eigenvalue weighted by Gasteiger charge is 2.30. The molecule has 0 saturated carbocycles. The van der Waals surface area contributed by atoms with Crippen LogP contribution >= 0.6 is 23.1 Å². The second-order valence-corrected chi connectivity index (χ2v) is 8.00. The summed E-state index contributed by atoms with van der Waals surface area (Å²) in [7, 11) is 0. The van der Waals surface area contributed by atoms with Crippen LogP contribution < -0.4 is 0 Å². The molecule has 0 bridgehead atoms. The number of thioether (sulfide) groups is 1. The van der Waals surface area contributed by atoms with Gasteiger partial charge in [-0.3, -0.25) is 4.79 Å². The van der Waals surface area contributed by atoms with Crippen molar-refractivity contribution in [2.75, 3.05) is 18.8 Å². The molecular weight excluding hydrogens is 373 g/mol. The molecule has 3 heterocycles. The summed E-state index contributed by atoms with van der Waals surface area (Å²) in [5, 5.41) is 6.06. The van der Waals surface area contributed by atoms with Gasteiger partial charge in [0.15, 0.2) is 5.82 Å². The maximum Gasteiger partial charge on any atom is 0.267 e. The van der Waals surface area contributed by atoms with Crippen molar-refractivity contribution in [1.29, 1.82) is 0 Å². The van der Waals surface area contributed by atoms with Gasteiger partial charge >= 0.3 is 0 Å². The summed E-state index contributed by atoms with van der Waals surface area (Å²) in [6, 6.07) is 10.1. The molecule has 5 nitrogen and oxygen atoms in total. The van der Waals surface area contributed by atoms with Gasteiger partial charge in [0.1, 0.15) is 5.82 Å². The summed E-state index contributed by atoms with van der Waals surface area (Å²) < 4.78 is 18.3. The maximum absolute atomic E-state index is 12.9. The van der Waals surface area contributed by atoms with E-state index in [1.807, 2.05) is 22.4 Å². The van der Waals surface area contributed by atoms with Crippen LogP contribution in [-0.2, 0) is 4.79 Å². The fourth-order valence-corrected chi connectivity index (χ4v) is 4.31. The summed E-state index contributed by atoms with van der Waals surface area (Å²) >= 11 is 2.97. The van der Waals surface area contributed by atoms with Crippen molar-refractivity contribution in [3.05, 3.63) is 53.4 Å². The lowest BCUT2D eigenvalue weighted by atomic mass is 10.1. The van der Waals surface area contributed by atoms with Crippen LogP contribution in [0.25, 0.3) is 10.8 Å². The number of hydrogen-bond donors (Lipinski definition) is 0. The Morgan fingerprint density at radius 2 is 2.19 bits per heavy atom. The number of hydrogen-bond acceptors (Lipinski definition) is 6. The lowest BCUT2D eigenvalue weighted by molar-refractivity contribution is -0.127. The van der Waals surface area contributed by atoms with Crippen LogP contribution in [0.1, 0.15) is 18.2 Å². The number of thiophene rings is 1. The van der Waals surface area contributed by atoms with Gasteiger partial charge in [-0.15, -0.1) is 23.1 Å². The third kappa shape index (κ3) is 3.81. The smallest absolute Gasteiger partial charge is 0.267 e. The van der Waals surface area contributed by atoms with Gasteiger partial charge in [0.25, 0.3) is 5.89 Å². The normalized spacial score (nSPS) is 17.0. The van der Waals surface area contributed by atoms with Gasteiger partial charge in [-0.1, -0.05) is 11.2 Å². The third-order valence-corrected chi connectivity index (χ3v) is 6.11. The minimum Gasteiger partial charge on any atom is -0.341 e. The molecule has 8 heteroatoms. The van der Waals surface area contributed by atoms with E-state index in [0.29, 0.717) is 30.6 Å². The Hall–Kier alpha value is -2.19. The van der Waals surface area contributed by atoms with Crippen molar-refractivity contribution in [3.63, 3.8) is 0 Å². The van der Waals surface area contributed by atoms with Crippen LogP contribution in [0.3, 0.4) is 0 Å². The molecule has 0 unspecified atom stereocenters. The first kappa shape index (κ1) is 17.2. The molecule has 0 radical (unpaired) electrons. The highest BCUT2D eigenvalue weighted by Crippen LogP contribution is 2.29. The zero-order valence-corrected chi connectivity index (χ0v) is 15.4. The highest BCUT2D eigenvalue weighted by molar-refractivity contribution is 8.00. The predicted octanol–water partition coefficient (Wildman–Crippen LogP) is 4.05. The van der Waals surface area contributed by atoms with E-state index >= 15 is 0 Å². The second-order valence-electron chi connectivity index (χ2n) is 6.00. The minimum atomic E-state index is -0.273. The molecule has 0 N–H and O–H groups in total. The first-order valence-electron chi connectivity index (χ1n) is 8.22. The molecule has 3 aromatic rings. The highest BCUT2D eigenvalue weighted by atomic mass is 32.2. The molecule has 0 spiro atoms. The van der Waals surface area contributed by atoms with E-state index in [1.165, 1.54) is 23.9 Å². The largest absolute Gasteiger partial charge is 0.341 e. The van der Waals surface area contributed by atoms with Gasteiger partial charge in [-0.05, 0) is 42.1 Å². The topological polar surface area (TPSA) is 59.2 Å². The van der Waals surface area contributed by atoms with Gasteiger partial charge in [0, 0.05) is 23.9 Å². The molecule has 134 valence electrons. The standard InChI is InChI=1S/C18H16FN3O2S2/c19-13-3-5-14(6-4-13)26-11-16(23)22-8-7-12(10-22)17-20-18(24-21-17)15-2-1-9-25-15/h1-6,9,12H,7-8,10-11H2/t12-/m0/s1. The van der Waals surface area contributed by atoms with Crippen molar-refractivity contribution >= 4 is 29.0 Å². The molecule has 1 amide bonds. The van der Waals surface area contributed by atoms with Crippen LogP contribution in [-0.4, -0.2) is 39.8 Å². The number of aromatic nitrogens is 2. The molecule has 0 aliphatic carbocycles. The lowest BCUT2D eigenvalue weighted by Crippen LogP contribution is -2.30. The molecule has 1 aromatic carbocycles. The van der Waals surface area contributed by atoms with E-state index in [9.17, 15) is 9.18 Å². The van der Waals surface area contributed by atoms with Crippen molar-refractivity contribution in [1.82, 2.24) is 15.0 Å². The van der Waals surface area contributed by atoms with Gasteiger partial charge in [0.05, 0.1) is 10.6 Å². The maximum atomic E-state index is 12.9. The van der Waals surface area contributed by atoms with Crippen molar-refractivity contribution < 1.29 is 13.7 Å². The number of rotatable bonds is 5. The van der Waals surface area contributed by atoms with Crippen molar-refractivity contribution in [2.45, 2.75) is 17.2 Å². The Morgan fingerprint density at radius 1 is 1.35 bits per heavy atom. The molecule has 1 saturated heterocycles. The van der Waals surface area contributed by atoms with Crippen molar-refractivity contribution in [3.8, 4) is 10.8 Å². The van der Waals surface area contributed by atoms with E-state index in [-0.39, 0.29) is 17.6 Å². The number of benzene rings is 1. The molecule has 1 atom stereocenters. The number of carbonyl (C=O) groups is 1. The summed E-state index contributed by atoms with van der Waals surface area (Å²) in [6.45, 7) is 1.29. The first-order chi connectivity index (χ1) is 12.7. The van der Waals surface area contributed by atoms with E-state index in [0.717, 1.165) is 16.2 Å². The minimum absolute atomic E-state index is 0.0730. The monoisotopic (exact) mass is 389 g/mol. The zero-order chi connectivity index (χ0) is 17.9. The number of halogens is 1. The summed E-state index contributed by atoms with van der Waals surface area (Å²) in [4.78, 5) is 20.6. The van der Waals surface area contributed by atoms with E-state index in [2.05, 4.69) is 10.1 Å². The lowest BCUT2D eigenvalue weighted by Gasteiger charge is -2.15. The molecule has 2 aromatic heterocycles. The molecular formula is C18H16FN3O2S2. The predicted molar refractivity (Wildman–Crippen MR) is 98.7 cm³/mol. The van der Waals surface area contributed by atoms with Crippen LogP contribution in [0, 0.1) is 5.82 Å². The third-order valence-electron chi connectivity index (χ3n) is 4.26. The zero-order valence-electron chi connectivity index (χ0n) is 13.8. The van der Waals surface area contributed by atoms with Crippen LogP contribution in [0.5, 0.6) is 0 Å². The van der Waals surface area contributed by atoms with Gasteiger partial charge in [-0.2, -0.15) is 4.98 Å². The Morgan fingerprint density at radius 3 is 2.96 bits per heavy atom. The quantitative estimate of drug-likeness (QED) is 0.616. The van der Waals surface area contributed by atoms with Crippen LogP contribution in [0.2, 0.25) is 0 Å². The van der Waals surface area contributed by atoms with Crippen LogP contribution in [0.4, 0.5) is 4.39 Å². The Bertz CT molecular complexity index is 880. The Balaban J connectivity index is 1.33. The number of nitrogens with zero attached hydrogens (tertiary/aromatic N) is 3. The van der Waals surface area contributed by atoms with Crippen LogP contribution in [0.15, 0.2) is 51.2 Å².